The summed E-state index contributed by atoms with van der Waals surface area (Å²) in [6.45, 7) is 7.08. The predicted octanol–water partition coefficient (Wildman–Crippen LogP) is 1.97. The highest BCUT2D eigenvalue weighted by molar-refractivity contribution is 5.83. The van der Waals surface area contributed by atoms with Gasteiger partial charge in [-0.1, -0.05) is 18.9 Å². The number of hydrogen-bond acceptors (Lipinski definition) is 6. The molecule has 0 spiro atoms. The summed E-state index contributed by atoms with van der Waals surface area (Å²) in [6.07, 6.45) is 5.09. The number of fused-ring (bicyclic) bond motifs is 1. The van der Waals surface area contributed by atoms with Gasteiger partial charge in [0.05, 0.1) is 5.69 Å². The molecule has 7 nitrogen and oxygen atoms in total. The highest BCUT2D eigenvalue weighted by atomic mass is 16.7. The first kappa shape index (κ1) is 20.3. The second-order valence-corrected chi connectivity index (χ2v) is 8.86. The molecule has 7 heteroatoms. The first-order chi connectivity index (χ1) is 13.9. The minimum Gasteiger partial charge on any atom is -0.454 e. The van der Waals surface area contributed by atoms with Crippen LogP contribution in [0.2, 0.25) is 0 Å². The normalized spacial score (nSPS) is 26.9. The van der Waals surface area contributed by atoms with Crippen molar-refractivity contribution in [3.63, 3.8) is 0 Å². The van der Waals surface area contributed by atoms with Gasteiger partial charge in [-0.15, -0.1) is 0 Å². The van der Waals surface area contributed by atoms with Crippen LogP contribution in [0.1, 0.15) is 39.0 Å². The lowest BCUT2D eigenvalue weighted by Gasteiger charge is -2.38. The molecule has 1 aromatic rings. The molecule has 1 aliphatic carbocycles. The molecule has 0 radical (unpaired) electrons. The standard InChI is InChI=1S/C22H33N3O4/c1-22(27,21(23)26)17-7-5-16(6-8-17)9-10-24-11-13-25(14-12-24)18-3-2-4-19-20(18)29-15-28-19/h2-4,16-17,27H,5-15H2,1H3,(H2,23,26)/t16?,17?,22-/m1/s1. The number of anilines is 1. The zero-order chi connectivity index (χ0) is 20.4. The summed E-state index contributed by atoms with van der Waals surface area (Å²) in [4.78, 5) is 16.4. The van der Waals surface area contributed by atoms with Crippen LogP contribution >= 0.6 is 0 Å². The topological polar surface area (TPSA) is 88.3 Å². The van der Waals surface area contributed by atoms with Crippen LogP contribution in [0, 0.1) is 11.8 Å². The average Bonchev–Trinajstić information content (AvgIpc) is 3.22. The average molecular weight is 404 g/mol. The zero-order valence-electron chi connectivity index (χ0n) is 17.3. The molecule has 4 rings (SSSR count). The van der Waals surface area contributed by atoms with Crippen molar-refractivity contribution in [1.82, 2.24) is 4.90 Å². The third-order valence-corrected chi connectivity index (χ3v) is 7.08. The van der Waals surface area contributed by atoms with Crippen molar-refractivity contribution in [3.8, 4) is 11.5 Å². The minimum atomic E-state index is -1.37. The maximum absolute atomic E-state index is 11.5. The molecule has 3 aliphatic rings. The smallest absolute Gasteiger partial charge is 0.249 e. The van der Waals surface area contributed by atoms with Gasteiger partial charge in [-0.2, -0.15) is 0 Å². The Hall–Kier alpha value is -1.99. The van der Waals surface area contributed by atoms with E-state index >= 15 is 0 Å². The second-order valence-electron chi connectivity index (χ2n) is 8.86. The van der Waals surface area contributed by atoms with Gasteiger partial charge < -0.3 is 25.2 Å². The highest BCUT2D eigenvalue weighted by Crippen LogP contribution is 2.41. The molecule has 3 N–H and O–H groups in total. The largest absolute Gasteiger partial charge is 0.454 e. The molecule has 2 fully saturated rings. The molecule has 160 valence electrons. The first-order valence-corrected chi connectivity index (χ1v) is 10.8. The number of ether oxygens (including phenoxy) is 2. The molecule has 1 aromatic carbocycles. The molecular weight excluding hydrogens is 370 g/mol. The van der Waals surface area contributed by atoms with E-state index in [0.29, 0.717) is 12.7 Å². The number of amides is 1. The summed E-state index contributed by atoms with van der Waals surface area (Å²) in [5.41, 5.74) is 5.13. The van der Waals surface area contributed by atoms with Crippen molar-refractivity contribution in [3.05, 3.63) is 18.2 Å². The van der Waals surface area contributed by atoms with Crippen LogP contribution in [-0.2, 0) is 4.79 Å². The van der Waals surface area contributed by atoms with Crippen LogP contribution in [0.5, 0.6) is 11.5 Å². The number of hydrogen-bond donors (Lipinski definition) is 2. The summed E-state index contributed by atoms with van der Waals surface area (Å²) < 4.78 is 11.2. The van der Waals surface area contributed by atoms with Gasteiger partial charge in [0.25, 0.3) is 0 Å². The summed E-state index contributed by atoms with van der Waals surface area (Å²) in [5, 5.41) is 10.3. The SMILES string of the molecule is C[C@](O)(C(N)=O)C1CCC(CCN2CCN(c3cccc4c3OCO4)CC2)CC1. The molecular formula is C22H33N3O4. The van der Waals surface area contributed by atoms with E-state index in [4.69, 9.17) is 15.2 Å². The highest BCUT2D eigenvalue weighted by Gasteiger charge is 2.39. The van der Waals surface area contributed by atoms with Crippen LogP contribution in [0.25, 0.3) is 0 Å². The Morgan fingerprint density at radius 2 is 1.90 bits per heavy atom. The molecule has 2 aliphatic heterocycles. The zero-order valence-corrected chi connectivity index (χ0v) is 17.3. The Labute approximate surface area is 172 Å². The maximum atomic E-state index is 11.5. The van der Waals surface area contributed by atoms with E-state index in [-0.39, 0.29) is 5.92 Å². The number of piperazine rings is 1. The van der Waals surface area contributed by atoms with E-state index in [0.717, 1.165) is 75.6 Å². The Kier molecular flexibility index (Phi) is 5.88. The Bertz CT molecular complexity index is 723. The minimum absolute atomic E-state index is 0.00130. The van der Waals surface area contributed by atoms with E-state index in [1.165, 1.54) is 6.42 Å². The fourth-order valence-corrected chi connectivity index (χ4v) is 4.96. The monoisotopic (exact) mass is 403 g/mol. The van der Waals surface area contributed by atoms with Crippen LogP contribution in [-0.4, -0.2) is 61.0 Å². The lowest BCUT2D eigenvalue weighted by molar-refractivity contribution is -0.141. The van der Waals surface area contributed by atoms with Gasteiger partial charge in [0.15, 0.2) is 11.5 Å². The van der Waals surface area contributed by atoms with Gasteiger partial charge in [0, 0.05) is 26.2 Å². The van der Waals surface area contributed by atoms with Crippen molar-refractivity contribution < 1.29 is 19.4 Å². The molecule has 1 amide bonds. The maximum Gasteiger partial charge on any atom is 0.249 e. The van der Waals surface area contributed by atoms with Gasteiger partial charge >= 0.3 is 0 Å². The third kappa shape index (κ3) is 4.31. The van der Waals surface area contributed by atoms with Crippen molar-refractivity contribution in [2.45, 2.75) is 44.6 Å². The van der Waals surface area contributed by atoms with Crippen molar-refractivity contribution >= 4 is 11.6 Å². The summed E-state index contributed by atoms with van der Waals surface area (Å²) >= 11 is 0. The van der Waals surface area contributed by atoms with E-state index in [1.807, 2.05) is 12.1 Å². The molecule has 2 heterocycles. The number of rotatable bonds is 6. The van der Waals surface area contributed by atoms with Crippen molar-refractivity contribution in [2.75, 3.05) is 44.4 Å². The molecule has 1 saturated carbocycles. The lowest BCUT2D eigenvalue weighted by atomic mass is 9.73. The lowest BCUT2D eigenvalue weighted by Crippen LogP contribution is -2.49. The fraction of sp³-hybridized carbons (Fsp3) is 0.682. The van der Waals surface area contributed by atoms with Crippen LogP contribution in [0.3, 0.4) is 0 Å². The quantitative estimate of drug-likeness (QED) is 0.755. The van der Waals surface area contributed by atoms with Crippen molar-refractivity contribution in [2.24, 2.45) is 17.6 Å². The van der Waals surface area contributed by atoms with Crippen molar-refractivity contribution in [1.29, 1.82) is 0 Å². The van der Waals surface area contributed by atoms with Gasteiger partial charge in [-0.05, 0) is 56.7 Å². The van der Waals surface area contributed by atoms with Crippen LogP contribution in [0.15, 0.2) is 18.2 Å². The van der Waals surface area contributed by atoms with Gasteiger partial charge in [0.1, 0.15) is 5.60 Å². The van der Waals surface area contributed by atoms with E-state index in [2.05, 4.69) is 15.9 Å². The third-order valence-electron chi connectivity index (χ3n) is 7.08. The Balaban J connectivity index is 1.21. The number of primary amides is 1. The van der Waals surface area contributed by atoms with Gasteiger partial charge in [-0.3, -0.25) is 9.69 Å². The molecule has 1 saturated heterocycles. The second kappa shape index (κ2) is 8.40. The van der Waals surface area contributed by atoms with E-state index < -0.39 is 11.5 Å². The van der Waals surface area contributed by atoms with Crippen LogP contribution in [0.4, 0.5) is 5.69 Å². The molecule has 1 atom stereocenters. The predicted molar refractivity (Wildman–Crippen MR) is 111 cm³/mol. The summed E-state index contributed by atoms with van der Waals surface area (Å²) in [5.74, 6) is 1.80. The number of carbonyl (C=O) groups is 1. The number of nitrogens with two attached hydrogens (primary N) is 1. The van der Waals surface area contributed by atoms with E-state index in [9.17, 15) is 9.90 Å². The Morgan fingerprint density at radius 3 is 2.59 bits per heavy atom. The van der Waals surface area contributed by atoms with Gasteiger partial charge in [0.2, 0.25) is 12.7 Å². The number of aliphatic hydroxyl groups is 1. The first-order valence-electron chi connectivity index (χ1n) is 10.8. The molecule has 0 bridgehead atoms. The summed E-state index contributed by atoms with van der Waals surface area (Å²) in [6, 6.07) is 6.10. The number of nitrogens with zero attached hydrogens (tertiary/aromatic N) is 2. The molecule has 0 unspecified atom stereocenters. The number of para-hydroxylation sites is 1. The molecule has 29 heavy (non-hydrogen) atoms. The van der Waals surface area contributed by atoms with Gasteiger partial charge in [-0.25, -0.2) is 0 Å². The fourth-order valence-electron chi connectivity index (χ4n) is 4.96. The number of benzene rings is 1. The van der Waals surface area contributed by atoms with E-state index in [1.54, 1.807) is 6.92 Å². The number of carbonyl (C=O) groups excluding carboxylic acids is 1. The Morgan fingerprint density at radius 1 is 1.17 bits per heavy atom. The molecule has 0 aromatic heterocycles. The summed E-state index contributed by atoms with van der Waals surface area (Å²) in [7, 11) is 0. The van der Waals surface area contributed by atoms with Crippen LogP contribution < -0.4 is 20.1 Å².